The molecule has 2 atom stereocenters. The van der Waals surface area contributed by atoms with Gasteiger partial charge in [-0.3, -0.25) is 0 Å². The summed E-state index contributed by atoms with van der Waals surface area (Å²) in [5.74, 6) is 3.34. The van der Waals surface area contributed by atoms with Crippen LogP contribution in [0.3, 0.4) is 0 Å². The van der Waals surface area contributed by atoms with Crippen molar-refractivity contribution in [1.29, 1.82) is 0 Å². The van der Waals surface area contributed by atoms with Crippen molar-refractivity contribution in [3.63, 3.8) is 0 Å². The summed E-state index contributed by atoms with van der Waals surface area (Å²) in [6.45, 7) is 5.99. The first-order valence-electron chi connectivity index (χ1n) is 6.92. The Labute approximate surface area is 108 Å². The van der Waals surface area contributed by atoms with E-state index < -0.39 is 0 Å². The lowest BCUT2D eigenvalue weighted by Gasteiger charge is -2.30. The van der Waals surface area contributed by atoms with Gasteiger partial charge < -0.3 is 14.8 Å². The molecule has 0 amide bonds. The van der Waals surface area contributed by atoms with Crippen molar-refractivity contribution in [3.05, 3.63) is 23.8 Å². The third-order valence-electron chi connectivity index (χ3n) is 4.09. The van der Waals surface area contributed by atoms with Crippen LogP contribution in [0, 0.1) is 11.8 Å². The molecule has 2 heterocycles. The molecule has 0 aliphatic carbocycles. The van der Waals surface area contributed by atoms with Crippen LogP contribution in [0.15, 0.2) is 18.2 Å². The van der Waals surface area contributed by atoms with E-state index >= 15 is 0 Å². The van der Waals surface area contributed by atoms with Crippen molar-refractivity contribution in [3.8, 4) is 11.5 Å². The number of hydrogen-bond acceptors (Lipinski definition) is 3. The Morgan fingerprint density at radius 3 is 2.89 bits per heavy atom. The lowest BCUT2D eigenvalue weighted by molar-refractivity contribution is 0.171. The number of fused-ring (bicyclic) bond motifs is 1. The smallest absolute Gasteiger partial charge is 0.161 e. The molecule has 0 saturated carbocycles. The van der Waals surface area contributed by atoms with Gasteiger partial charge in [0.2, 0.25) is 0 Å². The third-order valence-corrected chi connectivity index (χ3v) is 4.09. The summed E-state index contributed by atoms with van der Waals surface area (Å²) in [5.41, 5.74) is 1.36. The second-order valence-corrected chi connectivity index (χ2v) is 5.41. The molecule has 1 aromatic rings. The van der Waals surface area contributed by atoms with Crippen LogP contribution >= 0.6 is 0 Å². The molecular formula is C15H21NO2. The summed E-state index contributed by atoms with van der Waals surface area (Å²) < 4.78 is 11.2. The van der Waals surface area contributed by atoms with Crippen LogP contribution < -0.4 is 14.8 Å². The van der Waals surface area contributed by atoms with E-state index in [1.165, 1.54) is 18.5 Å². The molecule has 2 aliphatic heterocycles. The van der Waals surface area contributed by atoms with Crippen molar-refractivity contribution < 1.29 is 9.47 Å². The fourth-order valence-corrected chi connectivity index (χ4v) is 2.84. The van der Waals surface area contributed by atoms with E-state index in [-0.39, 0.29) is 0 Å². The Balaban J connectivity index is 1.72. The SMILES string of the molecule is CC1CCNCC1Cc1ccc2c(c1)OCCO2. The van der Waals surface area contributed by atoms with E-state index in [2.05, 4.69) is 24.4 Å². The zero-order valence-corrected chi connectivity index (χ0v) is 10.9. The third kappa shape index (κ3) is 2.46. The van der Waals surface area contributed by atoms with E-state index in [4.69, 9.17) is 9.47 Å². The highest BCUT2D eigenvalue weighted by molar-refractivity contribution is 5.43. The minimum absolute atomic E-state index is 0.663. The average molecular weight is 247 g/mol. The molecule has 3 rings (SSSR count). The highest BCUT2D eigenvalue weighted by Crippen LogP contribution is 2.32. The maximum absolute atomic E-state index is 5.64. The maximum Gasteiger partial charge on any atom is 0.161 e. The second kappa shape index (κ2) is 5.19. The average Bonchev–Trinajstić information content (AvgIpc) is 2.41. The molecule has 18 heavy (non-hydrogen) atoms. The summed E-state index contributed by atoms with van der Waals surface area (Å²) in [5, 5.41) is 3.49. The van der Waals surface area contributed by atoms with Crippen molar-refractivity contribution in [2.45, 2.75) is 19.8 Å². The molecule has 1 N–H and O–H groups in total. The quantitative estimate of drug-likeness (QED) is 0.869. The molecule has 2 aliphatic rings. The minimum atomic E-state index is 0.663. The van der Waals surface area contributed by atoms with Gasteiger partial charge in [0.15, 0.2) is 11.5 Å². The van der Waals surface area contributed by atoms with Gasteiger partial charge in [-0.15, -0.1) is 0 Å². The first kappa shape index (κ1) is 11.8. The zero-order valence-electron chi connectivity index (χ0n) is 10.9. The number of piperidine rings is 1. The number of hydrogen-bond donors (Lipinski definition) is 1. The normalized spacial score (nSPS) is 26.9. The first-order chi connectivity index (χ1) is 8.83. The van der Waals surface area contributed by atoms with Gasteiger partial charge in [0.1, 0.15) is 13.2 Å². The van der Waals surface area contributed by atoms with Gasteiger partial charge in [-0.2, -0.15) is 0 Å². The monoisotopic (exact) mass is 247 g/mol. The highest BCUT2D eigenvalue weighted by atomic mass is 16.6. The largest absolute Gasteiger partial charge is 0.486 e. The lowest BCUT2D eigenvalue weighted by Crippen LogP contribution is -2.36. The Morgan fingerprint density at radius 1 is 1.22 bits per heavy atom. The molecule has 2 unspecified atom stereocenters. The van der Waals surface area contributed by atoms with E-state index in [1.807, 2.05) is 6.07 Å². The fourth-order valence-electron chi connectivity index (χ4n) is 2.84. The van der Waals surface area contributed by atoms with Crippen LogP contribution in [0.1, 0.15) is 18.9 Å². The van der Waals surface area contributed by atoms with E-state index in [0.29, 0.717) is 13.2 Å². The molecule has 3 heteroatoms. The molecule has 1 saturated heterocycles. The highest BCUT2D eigenvalue weighted by Gasteiger charge is 2.22. The second-order valence-electron chi connectivity index (χ2n) is 5.41. The van der Waals surface area contributed by atoms with Crippen LogP contribution in [0.4, 0.5) is 0 Å². The van der Waals surface area contributed by atoms with Gasteiger partial charge in [-0.25, -0.2) is 0 Å². The van der Waals surface area contributed by atoms with Crippen LogP contribution in [0.2, 0.25) is 0 Å². The van der Waals surface area contributed by atoms with Crippen LogP contribution in [0.5, 0.6) is 11.5 Å². The number of ether oxygens (including phenoxy) is 2. The molecule has 1 aromatic carbocycles. The van der Waals surface area contributed by atoms with Gasteiger partial charge in [0, 0.05) is 0 Å². The molecule has 3 nitrogen and oxygen atoms in total. The van der Waals surface area contributed by atoms with Gasteiger partial charge in [0.25, 0.3) is 0 Å². The molecule has 0 radical (unpaired) electrons. The van der Waals surface area contributed by atoms with Gasteiger partial charge >= 0.3 is 0 Å². The van der Waals surface area contributed by atoms with E-state index in [0.717, 1.165) is 36.3 Å². The number of rotatable bonds is 2. The lowest BCUT2D eigenvalue weighted by atomic mass is 9.83. The van der Waals surface area contributed by atoms with Gasteiger partial charge in [0.05, 0.1) is 0 Å². The molecule has 1 fully saturated rings. The number of nitrogens with one attached hydrogen (secondary N) is 1. The van der Waals surface area contributed by atoms with Crippen molar-refractivity contribution >= 4 is 0 Å². The predicted octanol–water partition coefficient (Wildman–Crippen LogP) is 2.25. The van der Waals surface area contributed by atoms with Crippen LogP contribution in [-0.2, 0) is 6.42 Å². The van der Waals surface area contributed by atoms with Crippen LogP contribution in [0.25, 0.3) is 0 Å². The standard InChI is InChI=1S/C15H21NO2/c1-11-4-5-16-10-13(11)8-12-2-3-14-15(9-12)18-7-6-17-14/h2-3,9,11,13,16H,4-8,10H2,1H3. The van der Waals surface area contributed by atoms with E-state index in [9.17, 15) is 0 Å². The Hall–Kier alpha value is -1.22. The van der Waals surface area contributed by atoms with Crippen molar-refractivity contribution in [2.75, 3.05) is 26.3 Å². The Bertz CT molecular complexity index is 419. The molecule has 0 aromatic heterocycles. The molecular weight excluding hydrogens is 226 g/mol. The van der Waals surface area contributed by atoms with Gasteiger partial charge in [-0.05, 0) is 55.5 Å². The fraction of sp³-hybridized carbons (Fsp3) is 0.600. The summed E-state index contributed by atoms with van der Waals surface area (Å²) >= 11 is 0. The first-order valence-corrected chi connectivity index (χ1v) is 6.92. The Morgan fingerprint density at radius 2 is 2.06 bits per heavy atom. The van der Waals surface area contributed by atoms with E-state index in [1.54, 1.807) is 0 Å². The predicted molar refractivity (Wildman–Crippen MR) is 71.3 cm³/mol. The number of benzene rings is 1. The summed E-state index contributed by atoms with van der Waals surface area (Å²) in [4.78, 5) is 0. The molecule has 0 bridgehead atoms. The maximum atomic E-state index is 5.64. The molecule has 0 spiro atoms. The summed E-state index contributed by atoms with van der Waals surface area (Å²) in [6.07, 6.45) is 2.42. The van der Waals surface area contributed by atoms with Crippen LogP contribution in [-0.4, -0.2) is 26.3 Å². The summed E-state index contributed by atoms with van der Waals surface area (Å²) in [7, 11) is 0. The summed E-state index contributed by atoms with van der Waals surface area (Å²) in [6, 6.07) is 6.37. The minimum Gasteiger partial charge on any atom is -0.486 e. The van der Waals surface area contributed by atoms with Crippen molar-refractivity contribution in [1.82, 2.24) is 5.32 Å². The van der Waals surface area contributed by atoms with Gasteiger partial charge in [-0.1, -0.05) is 13.0 Å². The Kier molecular flexibility index (Phi) is 3.41. The molecule has 98 valence electrons. The van der Waals surface area contributed by atoms with Crippen molar-refractivity contribution in [2.24, 2.45) is 11.8 Å². The zero-order chi connectivity index (χ0) is 12.4. The topological polar surface area (TPSA) is 30.5 Å².